The number of rotatable bonds is 5. The third-order valence-electron chi connectivity index (χ3n) is 4.03. The van der Waals surface area contributed by atoms with E-state index in [0.717, 1.165) is 12.8 Å². The highest BCUT2D eigenvalue weighted by Crippen LogP contribution is 2.48. The number of nitrogens with two attached hydrogens (primary N) is 1. The highest BCUT2D eigenvalue weighted by atomic mass is 35.5. The molecule has 1 aliphatic carbocycles. The summed E-state index contributed by atoms with van der Waals surface area (Å²) in [6.45, 7) is 5.32. The summed E-state index contributed by atoms with van der Waals surface area (Å²) < 4.78 is 0. The lowest BCUT2D eigenvalue weighted by Gasteiger charge is -2.48. The van der Waals surface area contributed by atoms with E-state index in [1.807, 2.05) is 0 Å². The summed E-state index contributed by atoms with van der Waals surface area (Å²) in [6.07, 6.45) is 2.09. The van der Waals surface area contributed by atoms with Crippen molar-refractivity contribution in [2.75, 3.05) is 24.2 Å². The zero-order valence-corrected chi connectivity index (χ0v) is 12.1. The third-order valence-corrected chi connectivity index (χ3v) is 4.22. The molecule has 0 amide bonds. The fraction of sp³-hybridized carbons (Fsp3) is 0.692. The predicted octanol–water partition coefficient (Wildman–Crippen LogP) is 2.17. The van der Waals surface area contributed by atoms with E-state index in [4.69, 9.17) is 17.3 Å². The molecule has 1 fully saturated rings. The van der Waals surface area contributed by atoms with Crippen molar-refractivity contribution in [1.82, 2.24) is 9.97 Å². The molecule has 0 radical (unpaired) electrons. The maximum atomic E-state index is 9.60. The molecular formula is C13H21ClN4O. The second-order valence-corrected chi connectivity index (χ2v) is 6.25. The van der Waals surface area contributed by atoms with Gasteiger partial charge in [-0.2, -0.15) is 4.98 Å². The van der Waals surface area contributed by atoms with Crippen LogP contribution in [0.15, 0.2) is 6.07 Å². The van der Waals surface area contributed by atoms with E-state index in [-0.39, 0.29) is 18.0 Å². The van der Waals surface area contributed by atoms with Gasteiger partial charge in [0.15, 0.2) is 0 Å². The van der Waals surface area contributed by atoms with Gasteiger partial charge in [0.05, 0.1) is 6.61 Å². The van der Waals surface area contributed by atoms with E-state index in [9.17, 15) is 5.11 Å². The third kappa shape index (κ3) is 3.28. The Balaban J connectivity index is 1.94. The first-order valence-corrected chi connectivity index (χ1v) is 6.97. The lowest BCUT2D eigenvalue weighted by molar-refractivity contribution is -0.0134. The fourth-order valence-corrected chi connectivity index (χ4v) is 2.85. The van der Waals surface area contributed by atoms with Crippen LogP contribution in [0.4, 0.5) is 11.8 Å². The smallest absolute Gasteiger partial charge is 0.223 e. The molecule has 19 heavy (non-hydrogen) atoms. The van der Waals surface area contributed by atoms with Crippen LogP contribution < -0.4 is 11.1 Å². The first kappa shape index (κ1) is 14.3. The minimum absolute atomic E-state index is 0.0406. The first-order valence-electron chi connectivity index (χ1n) is 6.59. The molecule has 106 valence electrons. The van der Waals surface area contributed by atoms with Gasteiger partial charge in [-0.05, 0) is 24.7 Å². The number of aliphatic hydroxyl groups excluding tert-OH is 1. The Morgan fingerprint density at radius 3 is 2.74 bits per heavy atom. The zero-order chi connectivity index (χ0) is 14.0. The van der Waals surface area contributed by atoms with Crippen LogP contribution >= 0.6 is 11.6 Å². The Bertz CT molecular complexity index is 426. The topological polar surface area (TPSA) is 84.1 Å². The van der Waals surface area contributed by atoms with Crippen LogP contribution in [0.1, 0.15) is 26.7 Å². The molecule has 0 atom stereocenters. The molecule has 5 nitrogen and oxygen atoms in total. The van der Waals surface area contributed by atoms with Gasteiger partial charge >= 0.3 is 0 Å². The number of anilines is 2. The number of aliphatic hydroxyl groups is 1. The van der Waals surface area contributed by atoms with Crippen molar-refractivity contribution in [3.63, 3.8) is 0 Å². The number of nitrogen functional groups attached to an aromatic ring is 1. The fourth-order valence-electron chi connectivity index (χ4n) is 2.66. The molecule has 1 aromatic heterocycles. The molecular weight excluding hydrogens is 264 g/mol. The van der Waals surface area contributed by atoms with Crippen LogP contribution in [0.3, 0.4) is 0 Å². The summed E-state index contributed by atoms with van der Waals surface area (Å²) in [5, 5.41) is 13.1. The van der Waals surface area contributed by atoms with E-state index in [1.165, 1.54) is 0 Å². The van der Waals surface area contributed by atoms with Crippen molar-refractivity contribution >= 4 is 23.4 Å². The molecule has 1 heterocycles. The minimum atomic E-state index is -0.0406. The van der Waals surface area contributed by atoms with Crippen molar-refractivity contribution in [1.29, 1.82) is 0 Å². The second kappa shape index (κ2) is 5.51. The average Bonchev–Trinajstić information content (AvgIpc) is 2.26. The van der Waals surface area contributed by atoms with Crippen LogP contribution in [-0.4, -0.2) is 28.2 Å². The number of hydrogen-bond acceptors (Lipinski definition) is 5. The van der Waals surface area contributed by atoms with Gasteiger partial charge in [0, 0.05) is 18.0 Å². The summed E-state index contributed by atoms with van der Waals surface area (Å²) in [6, 6.07) is 1.64. The van der Waals surface area contributed by atoms with Gasteiger partial charge in [-0.25, -0.2) is 4.98 Å². The summed E-state index contributed by atoms with van der Waals surface area (Å²) >= 11 is 5.83. The molecule has 1 saturated carbocycles. The molecule has 0 aliphatic heterocycles. The summed E-state index contributed by atoms with van der Waals surface area (Å²) in [4.78, 5) is 7.88. The zero-order valence-electron chi connectivity index (χ0n) is 11.4. The maximum Gasteiger partial charge on any atom is 0.223 e. The van der Waals surface area contributed by atoms with Crippen molar-refractivity contribution in [2.45, 2.75) is 26.7 Å². The van der Waals surface area contributed by atoms with E-state index < -0.39 is 0 Å². The van der Waals surface area contributed by atoms with Crippen molar-refractivity contribution in [3.8, 4) is 0 Å². The SMILES string of the molecule is CC(C)C1CC(CO)(CNc2cc(Cl)nc(N)n2)C1. The Morgan fingerprint density at radius 2 is 2.21 bits per heavy atom. The van der Waals surface area contributed by atoms with E-state index >= 15 is 0 Å². The molecule has 0 unspecified atom stereocenters. The van der Waals surface area contributed by atoms with Crippen LogP contribution in [0.25, 0.3) is 0 Å². The lowest BCUT2D eigenvalue weighted by atomic mass is 9.59. The van der Waals surface area contributed by atoms with Crippen LogP contribution in [0.5, 0.6) is 0 Å². The summed E-state index contributed by atoms with van der Waals surface area (Å²) in [5.74, 6) is 2.14. The molecule has 4 N–H and O–H groups in total. The Labute approximate surface area is 118 Å². The lowest BCUT2D eigenvalue weighted by Crippen LogP contribution is -2.47. The highest BCUT2D eigenvalue weighted by Gasteiger charge is 2.44. The summed E-state index contributed by atoms with van der Waals surface area (Å²) in [7, 11) is 0. The number of nitrogens with zero attached hydrogens (tertiary/aromatic N) is 2. The Morgan fingerprint density at radius 1 is 1.53 bits per heavy atom. The molecule has 0 spiro atoms. The first-order chi connectivity index (χ1) is 8.94. The van der Waals surface area contributed by atoms with Gasteiger partial charge in [-0.1, -0.05) is 25.4 Å². The number of halogens is 1. The minimum Gasteiger partial charge on any atom is -0.396 e. The molecule has 1 aromatic rings. The Kier molecular flexibility index (Phi) is 4.16. The molecule has 0 saturated heterocycles. The van der Waals surface area contributed by atoms with E-state index in [0.29, 0.717) is 29.4 Å². The van der Waals surface area contributed by atoms with Gasteiger partial charge in [-0.15, -0.1) is 0 Å². The monoisotopic (exact) mass is 284 g/mol. The average molecular weight is 285 g/mol. The normalized spacial score (nSPS) is 26.3. The van der Waals surface area contributed by atoms with Gasteiger partial charge in [-0.3, -0.25) is 0 Å². The second-order valence-electron chi connectivity index (χ2n) is 5.86. The van der Waals surface area contributed by atoms with Crippen molar-refractivity contribution in [3.05, 3.63) is 11.2 Å². The van der Waals surface area contributed by atoms with Gasteiger partial charge in [0.1, 0.15) is 11.0 Å². The highest BCUT2D eigenvalue weighted by molar-refractivity contribution is 6.29. The van der Waals surface area contributed by atoms with Gasteiger partial charge < -0.3 is 16.2 Å². The quantitative estimate of drug-likeness (QED) is 0.722. The number of hydrogen-bond donors (Lipinski definition) is 3. The van der Waals surface area contributed by atoms with Crippen molar-refractivity contribution in [2.24, 2.45) is 17.3 Å². The largest absolute Gasteiger partial charge is 0.396 e. The number of nitrogens with one attached hydrogen (secondary N) is 1. The van der Waals surface area contributed by atoms with Crippen molar-refractivity contribution < 1.29 is 5.11 Å². The Hall–Kier alpha value is -1.07. The predicted molar refractivity (Wildman–Crippen MR) is 77.0 cm³/mol. The van der Waals surface area contributed by atoms with E-state index in [2.05, 4.69) is 29.1 Å². The van der Waals surface area contributed by atoms with Crippen LogP contribution in [-0.2, 0) is 0 Å². The molecule has 0 aromatic carbocycles. The molecule has 1 aliphatic rings. The van der Waals surface area contributed by atoms with Crippen LogP contribution in [0.2, 0.25) is 5.15 Å². The molecule has 2 rings (SSSR count). The molecule has 0 bridgehead atoms. The van der Waals surface area contributed by atoms with Crippen LogP contribution in [0, 0.1) is 17.3 Å². The van der Waals surface area contributed by atoms with E-state index in [1.54, 1.807) is 6.07 Å². The van der Waals surface area contributed by atoms with Gasteiger partial charge in [0.2, 0.25) is 5.95 Å². The summed E-state index contributed by atoms with van der Waals surface area (Å²) in [5.41, 5.74) is 5.50. The standard InChI is InChI=1S/C13H21ClN4O/c1-8(2)9-4-13(5-9,7-19)6-16-11-3-10(14)17-12(15)18-11/h3,8-9,19H,4-7H2,1-2H3,(H3,15,16,17,18). The maximum absolute atomic E-state index is 9.60. The number of aromatic nitrogens is 2. The van der Waals surface area contributed by atoms with Gasteiger partial charge in [0.25, 0.3) is 0 Å². The molecule has 6 heteroatoms.